The van der Waals surface area contributed by atoms with Crippen molar-refractivity contribution >= 4 is 17.0 Å². The second-order valence-corrected chi connectivity index (χ2v) is 7.53. The molecule has 1 saturated heterocycles. The first-order chi connectivity index (χ1) is 13.2. The Balaban J connectivity index is 1.50. The SMILES string of the molecule is O=C(O)C[C@@H]1CCN(Cc2ccccc2)C[C@@H]1Cc1nc2ccccc2[nH]1. The van der Waals surface area contributed by atoms with Crippen LogP contribution in [0, 0.1) is 11.8 Å². The average molecular weight is 363 g/mol. The number of nitrogens with zero attached hydrogens (tertiary/aromatic N) is 2. The Morgan fingerprint density at radius 1 is 1.11 bits per heavy atom. The number of nitrogens with one attached hydrogen (secondary N) is 1. The number of imidazole rings is 1. The van der Waals surface area contributed by atoms with E-state index in [-0.39, 0.29) is 12.3 Å². The van der Waals surface area contributed by atoms with Crippen molar-refractivity contribution < 1.29 is 9.90 Å². The van der Waals surface area contributed by atoms with E-state index in [1.807, 2.05) is 30.3 Å². The second kappa shape index (κ2) is 7.92. The number of rotatable bonds is 6. The molecule has 0 aliphatic carbocycles. The summed E-state index contributed by atoms with van der Waals surface area (Å²) in [6.07, 6.45) is 1.95. The maximum Gasteiger partial charge on any atom is 0.303 e. The number of carbonyl (C=O) groups is 1. The van der Waals surface area contributed by atoms with E-state index in [2.05, 4.69) is 34.1 Å². The quantitative estimate of drug-likeness (QED) is 0.700. The first-order valence-corrected chi connectivity index (χ1v) is 9.59. The molecule has 0 spiro atoms. The molecule has 0 bridgehead atoms. The van der Waals surface area contributed by atoms with Crippen LogP contribution < -0.4 is 0 Å². The second-order valence-electron chi connectivity index (χ2n) is 7.53. The van der Waals surface area contributed by atoms with Crippen LogP contribution in [0.3, 0.4) is 0 Å². The molecule has 3 aromatic rings. The van der Waals surface area contributed by atoms with Crippen LogP contribution in [0.15, 0.2) is 54.6 Å². The van der Waals surface area contributed by atoms with E-state index >= 15 is 0 Å². The lowest BCUT2D eigenvalue weighted by Gasteiger charge is -2.38. The number of hydrogen-bond acceptors (Lipinski definition) is 3. The van der Waals surface area contributed by atoms with Crippen LogP contribution in [-0.4, -0.2) is 39.0 Å². The van der Waals surface area contributed by atoms with Crippen LogP contribution >= 0.6 is 0 Å². The summed E-state index contributed by atoms with van der Waals surface area (Å²) in [6.45, 7) is 2.77. The van der Waals surface area contributed by atoms with Gasteiger partial charge in [0.05, 0.1) is 11.0 Å². The van der Waals surface area contributed by atoms with E-state index in [4.69, 9.17) is 4.98 Å². The minimum Gasteiger partial charge on any atom is -0.481 e. The summed E-state index contributed by atoms with van der Waals surface area (Å²) < 4.78 is 0. The minimum atomic E-state index is -0.703. The molecule has 0 amide bonds. The monoisotopic (exact) mass is 363 g/mol. The number of aromatic nitrogens is 2. The molecule has 1 aliphatic rings. The number of H-pyrrole nitrogens is 1. The topological polar surface area (TPSA) is 69.2 Å². The first-order valence-electron chi connectivity index (χ1n) is 9.59. The molecule has 1 aliphatic heterocycles. The van der Waals surface area contributed by atoms with Gasteiger partial charge in [0, 0.05) is 25.9 Å². The fourth-order valence-corrected chi connectivity index (χ4v) is 4.22. The number of benzene rings is 2. The maximum atomic E-state index is 11.3. The third-order valence-corrected chi connectivity index (χ3v) is 5.56. The Bertz CT molecular complexity index is 873. The maximum absolute atomic E-state index is 11.3. The average Bonchev–Trinajstić information content (AvgIpc) is 3.07. The Morgan fingerprint density at radius 2 is 1.89 bits per heavy atom. The lowest BCUT2D eigenvalue weighted by Crippen LogP contribution is -2.41. The van der Waals surface area contributed by atoms with E-state index in [0.29, 0.717) is 5.92 Å². The molecule has 1 fully saturated rings. The van der Waals surface area contributed by atoms with Crippen LogP contribution in [0.2, 0.25) is 0 Å². The van der Waals surface area contributed by atoms with Crippen LogP contribution in [0.25, 0.3) is 11.0 Å². The van der Waals surface area contributed by atoms with Crippen LogP contribution in [-0.2, 0) is 17.8 Å². The molecule has 5 heteroatoms. The summed E-state index contributed by atoms with van der Waals surface area (Å²) in [4.78, 5) is 21.9. The number of fused-ring (bicyclic) bond motifs is 1. The number of aromatic amines is 1. The van der Waals surface area contributed by atoms with E-state index in [1.54, 1.807) is 0 Å². The van der Waals surface area contributed by atoms with Gasteiger partial charge in [0.15, 0.2) is 0 Å². The number of hydrogen-bond donors (Lipinski definition) is 2. The van der Waals surface area contributed by atoms with Crippen molar-refractivity contribution in [2.24, 2.45) is 11.8 Å². The summed E-state index contributed by atoms with van der Waals surface area (Å²) >= 11 is 0. The molecule has 2 atom stereocenters. The van der Waals surface area contributed by atoms with Crippen molar-refractivity contribution in [3.63, 3.8) is 0 Å². The number of para-hydroxylation sites is 2. The van der Waals surface area contributed by atoms with Gasteiger partial charge in [-0.3, -0.25) is 9.69 Å². The smallest absolute Gasteiger partial charge is 0.303 e. The Hall–Kier alpha value is -2.66. The van der Waals surface area contributed by atoms with Gasteiger partial charge in [0.2, 0.25) is 0 Å². The molecule has 5 nitrogen and oxygen atoms in total. The molecule has 0 radical (unpaired) electrons. The molecule has 0 unspecified atom stereocenters. The Kier molecular flexibility index (Phi) is 5.21. The van der Waals surface area contributed by atoms with Gasteiger partial charge in [-0.15, -0.1) is 0 Å². The summed E-state index contributed by atoms with van der Waals surface area (Å²) in [5, 5.41) is 9.33. The molecule has 4 rings (SSSR count). The summed E-state index contributed by atoms with van der Waals surface area (Å²) in [6, 6.07) is 18.5. The molecule has 140 valence electrons. The predicted octanol–water partition coefficient (Wildman–Crippen LogP) is 3.72. The Labute approximate surface area is 159 Å². The number of piperidine rings is 1. The number of likely N-dealkylation sites (tertiary alicyclic amines) is 1. The zero-order valence-corrected chi connectivity index (χ0v) is 15.3. The van der Waals surface area contributed by atoms with Gasteiger partial charge in [-0.1, -0.05) is 42.5 Å². The zero-order valence-electron chi connectivity index (χ0n) is 15.3. The molecular formula is C22H25N3O2. The van der Waals surface area contributed by atoms with Gasteiger partial charge in [-0.2, -0.15) is 0 Å². The lowest BCUT2D eigenvalue weighted by molar-refractivity contribution is -0.139. The molecule has 0 saturated carbocycles. The summed E-state index contributed by atoms with van der Waals surface area (Å²) in [7, 11) is 0. The van der Waals surface area contributed by atoms with Gasteiger partial charge in [-0.25, -0.2) is 4.98 Å². The van der Waals surface area contributed by atoms with Crippen LogP contribution in [0.1, 0.15) is 24.2 Å². The molecular weight excluding hydrogens is 338 g/mol. The van der Waals surface area contributed by atoms with E-state index in [1.165, 1.54) is 5.56 Å². The standard InChI is InChI=1S/C22H25N3O2/c26-22(27)13-17-10-11-25(14-16-6-2-1-3-7-16)15-18(17)12-21-23-19-8-4-5-9-20(19)24-21/h1-9,17-18H,10-15H2,(H,23,24)(H,26,27)/t17-,18-/m0/s1. The van der Waals surface area contributed by atoms with Crippen molar-refractivity contribution in [3.8, 4) is 0 Å². The molecule has 2 aromatic carbocycles. The fraction of sp³-hybridized carbons (Fsp3) is 0.364. The van der Waals surface area contributed by atoms with Gasteiger partial charge < -0.3 is 10.1 Å². The number of carboxylic acids is 1. The molecule has 2 heterocycles. The van der Waals surface area contributed by atoms with Crippen molar-refractivity contribution in [2.45, 2.75) is 25.8 Å². The Morgan fingerprint density at radius 3 is 2.67 bits per heavy atom. The van der Waals surface area contributed by atoms with Gasteiger partial charge >= 0.3 is 5.97 Å². The van der Waals surface area contributed by atoms with E-state index in [9.17, 15) is 9.90 Å². The van der Waals surface area contributed by atoms with Gasteiger partial charge in [0.1, 0.15) is 5.82 Å². The van der Waals surface area contributed by atoms with Gasteiger partial charge in [-0.05, 0) is 42.5 Å². The van der Waals surface area contributed by atoms with Crippen LogP contribution in [0.5, 0.6) is 0 Å². The molecule has 27 heavy (non-hydrogen) atoms. The number of aliphatic carboxylic acids is 1. The van der Waals surface area contributed by atoms with Crippen molar-refractivity contribution in [1.29, 1.82) is 0 Å². The first kappa shape index (κ1) is 17.7. The predicted molar refractivity (Wildman–Crippen MR) is 105 cm³/mol. The zero-order chi connectivity index (χ0) is 18.6. The highest BCUT2D eigenvalue weighted by Gasteiger charge is 2.31. The van der Waals surface area contributed by atoms with Crippen LogP contribution in [0.4, 0.5) is 0 Å². The van der Waals surface area contributed by atoms with Gasteiger partial charge in [0.25, 0.3) is 0 Å². The summed E-state index contributed by atoms with van der Waals surface area (Å²) in [5.74, 6) is 0.742. The molecule has 1 aromatic heterocycles. The van der Waals surface area contributed by atoms with Crippen molar-refractivity contribution in [2.75, 3.05) is 13.1 Å². The number of carboxylic acid groups (broad SMARTS) is 1. The highest BCUT2D eigenvalue weighted by Crippen LogP contribution is 2.30. The molecule has 2 N–H and O–H groups in total. The van der Waals surface area contributed by atoms with Crippen molar-refractivity contribution in [1.82, 2.24) is 14.9 Å². The normalized spacial score (nSPS) is 20.7. The minimum absolute atomic E-state index is 0.197. The van der Waals surface area contributed by atoms with Crippen molar-refractivity contribution in [3.05, 3.63) is 66.0 Å². The highest BCUT2D eigenvalue weighted by atomic mass is 16.4. The third kappa shape index (κ3) is 4.37. The highest BCUT2D eigenvalue weighted by molar-refractivity contribution is 5.74. The third-order valence-electron chi connectivity index (χ3n) is 5.56. The fourth-order valence-electron chi connectivity index (χ4n) is 4.22. The van der Waals surface area contributed by atoms with E-state index < -0.39 is 5.97 Å². The van der Waals surface area contributed by atoms with E-state index in [0.717, 1.165) is 49.3 Å². The lowest BCUT2D eigenvalue weighted by atomic mass is 9.81. The summed E-state index contributed by atoms with van der Waals surface area (Å²) in [5.41, 5.74) is 3.31. The largest absolute Gasteiger partial charge is 0.481 e.